The SMILES string of the molecule is CNC(=O)c1cc2c(c(F)c1-c1c(Cl)c(F)cc3c1C[C@@](C=O)(c1ccccc1)O3)OC1CC21. The number of fused-ring (bicyclic) bond motifs is 4. The van der Waals surface area contributed by atoms with Crippen LogP contribution in [0.4, 0.5) is 8.78 Å². The molecule has 34 heavy (non-hydrogen) atoms. The van der Waals surface area contributed by atoms with Gasteiger partial charge in [0.1, 0.15) is 17.7 Å². The van der Waals surface area contributed by atoms with Crippen LogP contribution in [0.2, 0.25) is 5.02 Å². The molecular formula is C26H18ClF2NO4. The van der Waals surface area contributed by atoms with Crippen molar-refractivity contribution in [3.8, 4) is 22.6 Å². The van der Waals surface area contributed by atoms with E-state index in [2.05, 4.69) is 5.32 Å². The topological polar surface area (TPSA) is 64.6 Å². The van der Waals surface area contributed by atoms with Crippen molar-refractivity contribution in [3.05, 3.63) is 81.4 Å². The van der Waals surface area contributed by atoms with Gasteiger partial charge in [-0.1, -0.05) is 41.9 Å². The molecule has 8 heteroatoms. The van der Waals surface area contributed by atoms with Gasteiger partial charge in [0.05, 0.1) is 10.6 Å². The summed E-state index contributed by atoms with van der Waals surface area (Å²) in [6, 6.07) is 11.5. The summed E-state index contributed by atoms with van der Waals surface area (Å²) >= 11 is 6.42. The highest BCUT2D eigenvalue weighted by Crippen LogP contribution is 2.57. The summed E-state index contributed by atoms with van der Waals surface area (Å²) < 4.78 is 42.7. The van der Waals surface area contributed by atoms with Crippen molar-refractivity contribution in [1.82, 2.24) is 5.32 Å². The third-order valence-electron chi connectivity index (χ3n) is 6.84. The van der Waals surface area contributed by atoms with Gasteiger partial charge in [0, 0.05) is 53.3 Å². The molecule has 0 aromatic heterocycles. The minimum Gasteiger partial charge on any atom is -0.486 e. The van der Waals surface area contributed by atoms with Crippen molar-refractivity contribution in [1.29, 1.82) is 0 Å². The van der Waals surface area contributed by atoms with E-state index in [0.717, 1.165) is 12.5 Å². The van der Waals surface area contributed by atoms with E-state index in [1.54, 1.807) is 36.4 Å². The standard InChI is InChI=1S/C26H18ClF2NO4/c1-30-25(32)15-7-14-13-8-18(13)33-24(14)23(29)21(15)20-16-10-26(11-31,12-5-3-2-4-6-12)34-19(16)9-17(28)22(20)27/h2-7,9,11,13,18H,8,10H2,1H3,(H,30,32)/t13?,18?,26-/m1/s1. The average molecular weight is 482 g/mol. The van der Waals surface area contributed by atoms with Gasteiger partial charge in [0.25, 0.3) is 5.91 Å². The zero-order valence-electron chi connectivity index (χ0n) is 18.0. The van der Waals surface area contributed by atoms with Crippen LogP contribution in [-0.2, 0) is 16.8 Å². The molecular weight excluding hydrogens is 464 g/mol. The van der Waals surface area contributed by atoms with E-state index in [1.165, 1.54) is 7.05 Å². The molecule has 0 radical (unpaired) electrons. The van der Waals surface area contributed by atoms with Crippen LogP contribution >= 0.6 is 11.6 Å². The predicted molar refractivity (Wildman–Crippen MR) is 120 cm³/mol. The molecule has 1 saturated carbocycles. The Morgan fingerprint density at radius 2 is 1.97 bits per heavy atom. The van der Waals surface area contributed by atoms with E-state index in [4.69, 9.17) is 21.1 Å². The highest BCUT2D eigenvalue weighted by molar-refractivity contribution is 6.34. The van der Waals surface area contributed by atoms with Crippen molar-refractivity contribution in [2.24, 2.45) is 0 Å². The second-order valence-electron chi connectivity index (χ2n) is 8.79. The van der Waals surface area contributed by atoms with Gasteiger partial charge in [-0.05, 0) is 12.5 Å². The van der Waals surface area contributed by atoms with Gasteiger partial charge in [0.15, 0.2) is 23.5 Å². The highest BCUT2D eigenvalue weighted by atomic mass is 35.5. The zero-order chi connectivity index (χ0) is 23.8. The fourth-order valence-corrected chi connectivity index (χ4v) is 5.33. The monoisotopic (exact) mass is 481 g/mol. The second-order valence-corrected chi connectivity index (χ2v) is 9.16. The molecule has 0 spiro atoms. The summed E-state index contributed by atoms with van der Waals surface area (Å²) in [6.45, 7) is 0. The number of ether oxygens (including phenoxy) is 2. The predicted octanol–water partition coefficient (Wildman–Crippen LogP) is 4.92. The lowest BCUT2D eigenvalue weighted by molar-refractivity contribution is -0.120. The fourth-order valence-electron chi connectivity index (χ4n) is 5.06. The molecule has 5 nitrogen and oxygen atoms in total. The Kier molecular flexibility index (Phi) is 4.51. The Morgan fingerprint density at radius 3 is 2.68 bits per heavy atom. The Bertz CT molecular complexity index is 1390. The molecule has 3 atom stereocenters. The van der Waals surface area contributed by atoms with Crippen LogP contribution < -0.4 is 14.8 Å². The van der Waals surface area contributed by atoms with Crippen molar-refractivity contribution in [2.45, 2.75) is 30.5 Å². The number of halogens is 3. The van der Waals surface area contributed by atoms with E-state index < -0.39 is 23.1 Å². The Morgan fingerprint density at radius 1 is 1.21 bits per heavy atom. The van der Waals surface area contributed by atoms with Crippen LogP contribution in [0.5, 0.6) is 11.5 Å². The van der Waals surface area contributed by atoms with Gasteiger partial charge >= 0.3 is 0 Å². The molecule has 1 fully saturated rings. The number of hydrogen-bond donors (Lipinski definition) is 1. The third-order valence-corrected chi connectivity index (χ3v) is 7.21. The Hall–Kier alpha value is -3.45. The number of aldehydes is 1. The van der Waals surface area contributed by atoms with E-state index in [9.17, 15) is 9.59 Å². The molecule has 172 valence electrons. The third kappa shape index (κ3) is 2.83. The first kappa shape index (κ1) is 21.1. The maximum absolute atomic E-state index is 16.0. The van der Waals surface area contributed by atoms with Gasteiger partial charge in [-0.25, -0.2) is 8.78 Å². The molecule has 1 N–H and O–H groups in total. The first-order valence-corrected chi connectivity index (χ1v) is 11.2. The van der Waals surface area contributed by atoms with Crippen molar-refractivity contribution in [3.63, 3.8) is 0 Å². The van der Waals surface area contributed by atoms with Crippen molar-refractivity contribution in [2.75, 3.05) is 7.05 Å². The lowest BCUT2D eigenvalue weighted by atomic mass is 9.85. The first-order valence-electron chi connectivity index (χ1n) is 10.9. The quantitative estimate of drug-likeness (QED) is 0.537. The first-order chi connectivity index (χ1) is 16.4. The highest BCUT2D eigenvalue weighted by Gasteiger charge is 2.51. The van der Waals surface area contributed by atoms with Crippen LogP contribution in [0, 0.1) is 11.6 Å². The molecule has 3 aromatic carbocycles. The number of nitrogens with one attached hydrogen (secondary N) is 1. The fraction of sp³-hybridized carbons (Fsp3) is 0.231. The summed E-state index contributed by atoms with van der Waals surface area (Å²) in [6.07, 6.45) is 1.28. The van der Waals surface area contributed by atoms with E-state index in [-0.39, 0.29) is 51.7 Å². The molecule has 0 saturated heterocycles. The molecule has 1 amide bonds. The summed E-state index contributed by atoms with van der Waals surface area (Å²) in [5, 5.41) is 2.17. The smallest absolute Gasteiger partial charge is 0.251 e. The van der Waals surface area contributed by atoms with Gasteiger partial charge < -0.3 is 14.8 Å². The number of amides is 1. The van der Waals surface area contributed by atoms with Gasteiger partial charge in [-0.2, -0.15) is 0 Å². The molecule has 2 aliphatic heterocycles. The molecule has 3 aliphatic rings. The van der Waals surface area contributed by atoms with Gasteiger partial charge in [-0.3, -0.25) is 9.59 Å². The maximum atomic E-state index is 16.0. The minimum atomic E-state index is -1.44. The lowest BCUT2D eigenvalue weighted by Crippen LogP contribution is -2.33. The number of hydrogen-bond acceptors (Lipinski definition) is 4. The van der Waals surface area contributed by atoms with Crippen molar-refractivity contribution < 1.29 is 27.8 Å². The van der Waals surface area contributed by atoms with Crippen LogP contribution in [0.1, 0.15) is 39.4 Å². The molecule has 2 unspecified atom stereocenters. The molecule has 0 bridgehead atoms. The molecule has 2 heterocycles. The van der Waals surface area contributed by atoms with Crippen LogP contribution in [0.25, 0.3) is 11.1 Å². The molecule has 3 aromatic rings. The number of carbonyl (C=O) groups is 2. The zero-order valence-corrected chi connectivity index (χ0v) is 18.7. The van der Waals surface area contributed by atoms with Gasteiger partial charge in [0.2, 0.25) is 0 Å². The van der Waals surface area contributed by atoms with Crippen molar-refractivity contribution >= 4 is 23.8 Å². The lowest BCUT2D eigenvalue weighted by Gasteiger charge is -2.22. The largest absolute Gasteiger partial charge is 0.486 e. The summed E-state index contributed by atoms with van der Waals surface area (Å²) in [7, 11) is 1.43. The summed E-state index contributed by atoms with van der Waals surface area (Å²) in [4.78, 5) is 25.1. The normalized spacial score (nSPS) is 23.3. The number of rotatable bonds is 4. The van der Waals surface area contributed by atoms with E-state index in [0.29, 0.717) is 23.0 Å². The van der Waals surface area contributed by atoms with Crippen LogP contribution in [0.15, 0.2) is 42.5 Å². The molecule has 1 aliphatic carbocycles. The number of carbonyl (C=O) groups excluding carboxylic acids is 2. The Labute approximate surface area is 198 Å². The average Bonchev–Trinajstić information content (AvgIpc) is 3.38. The van der Waals surface area contributed by atoms with E-state index in [1.807, 2.05) is 0 Å². The second kappa shape index (κ2) is 7.27. The summed E-state index contributed by atoms with van der Waals surface area (Å²) in [5.41, 5.74) is -0.0706. The minimum absolute atomic E-state index is 0.0129. The molecule has 6 rings (SSSR count). The maximum Gasteiger partial charge on any atom is 0.251 e. The van der Waals surface area contributed by atoms with Gasteiger partial charge in [-0.15, -0.1) is 0 Å². The van der Waals surface area contributed by atoms with E-state index >= 15 is 8.78 Å². The van der Waals surface area contributed by atoms with Crippen LogP contribution in [0.3, 0.4) is 0 Å². The Balaban J connectivity index is 1.61. The summed E-state index contributed by atoms with van der Waals surface area (Å²) in [5.74, 6) is -2.00. The number of benzene rings is 3. The van der Waals surface area contributed by atoms with Crippen LogP contribution in [-0.4, -0.2) is 25.3 Å².